The molecule has 15 heteroatoms. The average molecular weight is 664 g/mol. The molecular formula is C33H32F3N7O5. The van der Waals surface area contributed by atoms with Crippen molar-refractivity contribution in [1.29, 1.82) is 0 Å². The lowest BCUT2D eigenvalue weighted by Crippen LogP contribution is -2.41. The van der Waals surface area contributed by atoms with Gasteiger partial charge in [-0.2, -0.15) is 28.2 Å². The number of aromatic nitrogens is 4. The number of halogens is 3. The van der Waals surface area contributed by atoms with Gasteiger partial charge in [-0.15, -0.1) is 0 Å². The highest BCUT2D eigenvalue weighted by molar-refractivity contribution is 5.94. The summed E-state index contributed by atoms with van der Waals surface area (Å²) in [6, 6.07) is 12.1. The van der Waals surface area contributed by atoms with Crippen LogP contribution in [0.15, 0.2) is 54.7 Å². The molecular weight excluding hydrogens is 631 g/mol. The van der Waals surface area contributed by atoms with E-state index in [9.17, 15) is 27.9 Å². The number of nitrogen functional groups attached to an aromatic ring is 1. The van der Waals surface area contributed by atoms with Crippen LogP contribution in [0, 0.1) is 12.3 Å². The third-order valence-corrected chi connectivity index (χ3v) is 9.35. The molecule has 3 aliphatic heterocycles. The van der Waals surface area contributed by atoms with Crippen LogP contribution in [0.3, 0.4) is 0 Å². The van der Waals surface area contributed by atoms with Crippen molar-refractivity contribution in [1.82, 2.24) is 25.1 Å². The van der Waals surface area contributed by atoms with Crippen LogP contribution in [0.2, 0.25) is 0 Å². The highest BCUT2D eigenvalue weighted by Gasteiger charge is 2.46. The van der Waals surface area contributed by atoms with Gasteiger partial charge in [0.05, 0.1) is 16.9 Å². The quantitative estimate of drug-likeness (QED) is 0.237. The number of rotatable bonds is 7. The molecule has 12 nitrogen and oxygen atoms in total. The average Bonchev–Trinajstić information content (AvgIpc) is 3.78. The van der Waals surface area contributed by atoms with Gasteiger partial charge in [-0.05, 0) is 67.0 Å². The molecule has 7 rings (SSSR count). The summed E-state index contributed by atoms with van der Waals surface area (Å²) >= 11 is 0. The number of anilines is 2. The Morgan fingerprint density at radius 2 is 1.88 bits per heavy atom. The Labute approximate surface area is 272 Å². The summed E-state index contributed by atoms with van der Waals surface area (Å²) in [6.45, 7) is 3.47. The van der Waals surface area contributed by atoms with Crippen molar-refractivity contribution in [3.63, 3.8) is 0 Å². The first-order valence-corrected chi connectivity index (χ1v) is 15.4. The molecule has 2 aromatic carbocycles. The molecule has 0 saturated carbocycles. The van der Waals surface area contributed by atoms with Gasteiger partial charge in [0.25, 0.3) is 0 Å². The number of benzene rings is 2. The maximum atomic E-state index is 14.9. The van der Waals surface area contributed by atoms with E-state index in [1.54, 1.807) is 49.5 Å². The van der Waals surface area contributed by atoms with Gasteiger partial charge in [-0.25, -0.2) is 9.48 Å². The minimum absolute atomic E-state index is 0.125. The van der Waals surface area contributed by atoms with Gasteiger partial charge in [0, 0.05) is 43.0 Å². The van der Waals surface area contributed by atoms with Crippen LogP contribution in [-0.4, -0.2) is 68.6 Å². The van der Waals surface area contributed by atoms with E-state index in [1.807, 2.05) is 4.90 Å². The maximum Gasteiger partial charge on any atom is 0.429 e. The first-order chi connectivity index (χ1) is 22.9. The Bertz CT molecular complexity index is 1900. The number of cyclic esters (lactones) is 1. The Morgan fingerprint density at radius 3 is 2.56 bits per heavy atom. The van der Waals surface area contributed by atoms with Crippen LogP contribution in [0.5, 0.6) is 5.88 Å². The fraction of sp³-hybridized carbons (Fsp3) is 0.364. The fourth-order valence-corrected chi connectivity index (χ4v) is 6.77. The van der Waals surface area contributed by atoms with Gasteiger partial charge in [-0.3, -0.25) is 4.79 Å². The zero-order valence-corrected chi connectivity index (χ0v) is 25.8. The second-order valence-corrected chi connectivity index (χ2v) is 12.5. The highest BCUT2D eigenvalue weighted by Crippen LogP contribution is 2.43. The minimum Gasteiger partial charge on any atom is -0.480 e. The molecule has 4 aromatic rings. The summed E-state index contributed by atoms with van der Waals surface area (Å²) in [7, 11) is 0. The number of carbonyl (C=O) groups is 2. The van der Waals surface area contributed by atoms with Crippen molar-refractivity contribution in [2.45, 2.75) is 51.1 Å². The predicted octanol–water partition coefficient (Wildman–Crippen LogP) is 4.61. The third-order valence-electron chi connectivity index (χ3n) is 9.35. The Morgan fingerprint density at radius 1 is 1.12 bits per heavy atom. The number of piperidine rings is 1. The molecule has 48 heavy (non-hydrogen) atoms. The number of ether oxygens (including phenoxy) is 2. The van der Waals surface area contributed by atoms with Crippen molar-refractivity contribution in [2.24, 2.45) is 5.41 Å². The maximum absolute atomic E-state index is 14.9. The number of nitrogens with one attached hydrogen (secondary N) is 1. The Hall–Kier alpha value is -5.18. The van der Waals surface area contributed by atoms with Crippen molar-refractivity contribution in [3.8, 4) is 22.7 Å². The van der Waals surface area contributed by atoms with E-state index >= 15 is 0 Å². The van der Waals surface area contributed by atoms with Gasteiger partial charge < -0.3 is 30.5 Å². The molecule has 2 saturated heterocycles. The van der Waals surface area contributed by atoms with Gasteiger partial charge in [0.15, 0.2) is 0 Å². The van der Waals surface area contributed by atoms with Crippen molar-refractivity contribution >= 4 is 23.7 Å². The summed E-state index contributed by atoms with van der Waals surface area (Å²) in [5.41, 5.74) is 8.81. The molecule has 5 heterocycles. The first kappa shape index (κ1) is 31.4. The molecule has 0 radical (unpaired) electrons. The van der Waals surface area contributed by atoms with E-state index in [-0.39, 0.29) is 35.1 Å². The number of hydrogen-bond acceptors (Lipinski definition) is 10. The smallest absolute Gasteiger partial charge is 0.429 e. The lowest BCUT2D eigenvalue weighted by atomic mass is 9.76. The van der Waals surface area contributed by atoms with Gasteiger partial charge >= 0.3 is 18.1 Å². The van der Waals surface area contributed by atoms with Crippen LogP contribution in [-0.2, 0) is 16.1 Å². The summed E-state index contributed by atoms with van der Waals surface area (Å²) in [4.78, 5) is 33.6. The van der Waals surface area contributed by atoms with Crippen molar-refractivity contribution < 1.29 is 37.3 Å². The minimum atomic E-state index is -4.86. The SMILES string of the molecule is Cc1ccn(-c2cc(-c3ccc4c(c3)COC4=O)ccc2[C@@H](Oc2cc(N3CCC4(CC3)CNC(C(=O)O)C4)nc(N)n2)C(F)(F)F)n1. The van der Waals surface area contributed by atoms with Crippen LogP contribution < -0.4 is 20.7 Å². The topological polar surface area (TPSA) is 158 Å². The summed E-state index contributed by atoms with van der Waals surface area (Å²) < 4.78 is 56.8. The van der Waals surface area contributed by atoms with Crippen molar-refractivity contribution in [2.75, 3.05) is 30.3 Å². The molecule has 0 bridgehead atoms. The number of aryl methyl sites for hydroxylation is 1. The van der Waals surface area contributed by atoms with Crippen LogP contribution in [0.1, 0.15) is 52.5 Å². The number of esters is 1. The van der Waals surface area contributed by atoms with Crippen LogP contribution >= 0.6 is 0 Å². The molecule has 3 aliphatic rings. The summed E-state index contributed by atoms with van der Waals surface area (Å²) in [5, 5.41) is 16.9. The third kappa shape index (κ3) is 6.01. The molecule has 2 aromatic heterocycles. The number of nitrogens with zero attached hydrogens (tertiary/aromatic N) is 5. The number of carboxylic acid groups (broad SMARTS) is 1. The van der Waals surface area contributed by atoms with Gasteiger partial charge in [0.1, 0.15) is 18.5 Å². The number of nitrogens with two attached hydrogens (primary N) is 1. The number of hydrogen-bond donors (Lipinski definition) is 3. The number of carboxylic acids is 1. The van der Waals surface area contributed by atoms with E-state index in [1.165, 1.54) is 16.8 Å². The standard InChI is InChI=1S/C33H32F3N7O5/c1-18-6-9-43(41-18)25-13-20(19-2-4-22-21(12-19)16-47-30(22)46)3-5-23(25)28(33(34,35)36)48-27-14-26(39-31(37)40-27)42-10-7-32(8-11-42)15-24(29(44)45)38-17-32/h2-6,9,12-14,24,28,38H,7-8,10-11,15-17H2,1H3,(H,44,45)(H2,37,39,40)/t24?,28-/m1/s1. The zero-order chi connectivity index (χ0) is 33.8. The van der Waals surface area contributed by atoms with Crippen LogP contribution in [0.4, 0.5) is 24.9 Å². The molecule has 2 atom stereocenters. The Balaban J connectivity index is 1.19. The normalized spacial score (nSPS) is 19.3. The van der Waals surface area contributed by atoms with E-state index in [0.29, 0.717) is 72.7 Å². The number of carbonyl (C=O) groups excluding carboxylic acids is 1. The van der Waals surface area contributed by atoms with Crippen molar-refractivity contribution in [3.05, 3.63) is 77.1 Å². The summed E-state index contributed by atoms with van der Waals surface area (Å²) in [5.74, 6) is -1.55. The molecule has 4 N–H and O–H groups in total. The first-order valence-electron chi connectivity index (χ1n) is 15.4. The summed E-state index contributed by atoms with van der Waals surface area (Å²) in [6.07, 6.45) is -3.86. The predicted molar refractivity (Wildman–Crippen MR) is 167 cm³/mol. The van der Waals surface area contributed by atoms with Gasteiger partial charge in [0.2, 0.25) is 17.9 Å². The second kappa shape index (κ2) is 11.8. The van der Waals surface area contributed by atoms with E-state index < -0.39 is 30.3 Å². The monoisotopic (exact) mass is 663 g/mol. The lowest BCUT2D eigenvalue weighted by Gasteiger charge is -2.39. The van der Waals surface area contributed by atoms with E-state index in [0.717, 1.165) is 0 Å². The molecule has 0 amide bonds. The number of alkyl halides is 3. The second-order valence-electron chi connectivity index (χ2n) is 12.5. The van der Waals surface area contributed by atoms with Gasteiger partial charge in [-0.1, -0.05) is 18.2 Å². The zero-order valence-electron chi connectivity index (χ0n) is 25.8. The van der Waals surface area contributed by atoms with Crippen LogP contribution in [0.25, 0.3) is 16.8 Å². The fourth-order valence-electron chi connectivity index (χ4n) is 6.77. The molecule has 1 unspecified atom stereocenters. The number of fused-ring (bicyclic) bond motifs is 1. The number of aliphatic carboxylic acids is 1. The molecule has 1 spiro atoms. The van der Waals surface area contributed by atoms with E-state index in [4.69, 9.17) is 15.2 Å². The molecule has 250 valence electrons. The van der Waals surface area contributed by atoms with E-state index in [2.05, 4.69) is 20.4 Å². The molecule has 2 fully saturated rings. The lowest BCUT2D eigenvalue weighted by molar-refractivity contribution is -0.198. The largest absolute Gasteiger partial charge is 0.480 e. The molecule has 0 aliphatic carbocycles. The Kier molecular flexibility index (Phi) is 7.73. The highest BCUT2D eigenvalue weighted by atomic mass is 19.4.